The largest absolute Gasteiger partial charge is 0.361 e. The fourth-order valence-corrected chi connectivity index (χ4v) is 4.51. The molecule has 0 saturated carbocycles. The molecule has 1 saturated heterocycles. The minimum Gasteiger partial charge on any atom is -0.361 e. The van der Waals surface area contributed by atoms with Crippen LogP contribution in [0.3, 0.4) is 0 Å². The maximum absolute atomic E-state index is 4.98. The van der Waals surface area contributed by atoms with Gasteiger partial charge >= 0.3 is 0 Å². The van der Waals surface area contributed by atoms with Crippen LogP contribution in [0.5, 0.6) is 0 Å². The average Bonchev–Trinajstić information content (AvgIpc) is 3.38. The van der Waals surface area contributed by atoms with Gasteiger partial charge in [0, 0.05) is 49.8 Å². The molecule has 1 unspecified atom stereocenters. The Morgan fingerprint density at radius 2 is 2.03 bits per heavy atom. The minimum atomic E-state index is 0.750. The van der Waals surface area contributed by atoms with E-state index in [4.69, 9.17) is 4.99 Å². The van der Waals surface area contributed by atoms with Crippen molar-refractivity contribution in [3.8, 4) is 0 Å². The Morgan fingerprint density at radius 3 is 2.76 bits per heavy atom. The summed E-state index contributed by atoms with van der Waals surface area (Å²) in [4.78, 5) is 13.5. The lowest BCUT2D eigenvalue weighted by atomic mass is 10.1. The first-order valence-corrected chi connectivity index (χ1v) is 11.5. The van der Waals surface area contributed by atoms with Crippen LogP contribution in [0, 0.1) is 5.92 Å². The Morgan fingerprint density at radius 1 is 1.21 bits per heavy atom. The SMILES string of the molecule is CCNC(=NCCc1c[nH]c2c(CC)cccc12)N1CCC(CN(CC)CC)C1. The van der Waals surface area contributed by atoms with E-state index >= 15 is 0 Å². The number of likely N-dealkylation sites (tertiary alicyclic amines) is 1. The number of aromatic nitrogens is 1. The van der Waals surface area contributed by atoms with Crippen LogP contribution in [0.15, 0.2) is 29.4 Å². The van der Waals surface area contributed by atoms with Crippen molar-refractivity contribution in [2.45, 2.75) is 47.0 Å². The van der Waals surface area contributed by atoms with E-state index in [9.17, 15) is 0 Å². The Labute approximate surface area is 176 Å². The van der Waals surface area contributed by atoms with Crippen LogP contribution in [-0.4, -0.2) is 66.6 Å². The summed E-state index contributed by atoms with van der Waals surface area (Å²) < 4.78 is 0. The number of fused-ring (bicyclic) bond motifs is 1. The first-order chi connectivity index (χ1) is 14.2. The lowest BCUT2D eigenvalue weighted by molar-refractivity contribution is 0.255. The summed E-state index contributed by atoms with van der Waals surface area (Å²) in [5.74, 6) is 1.84. The lowest BCUT2D eigenvalue weighted by Crippen LogP contribution is -2.41. The molecule has 1 aliphatic heterocycles. The molecule has 3 rings (SSSR count). The van der Waals surface area contributed by atoms with Crippen molar-refractivity contribution in [3.63, 3.8) is 0 Å². The molecule has 2 N–H and O–H groups in total. The van der Waals surface area contributed by atoms with Gasteiger partial charge in [-0.05, 0) is 56.3 Å². The van der Waals surface area contributed by atoms with E-state index < -0.39 is 0 Å². The van der Waals surface area contributed by atoms with Gasteiger partial charge in [-0.2, -0.15) is 0 Å². The van der Waals surface area contributed by atoms with Crippen LogP contribution < -0.4 is 5.32 Å². The lowest BCUT2D eigenvalue weighted by Gasteiger charge is -2.24. The van der Waals surface area contributed by atoms with Crippen molar-refractivity contribution in [2.75, 3.05) is 45.8 Å². The number of aliphatic imine (C=N–C) groups is 1. The molecular weight excluding hydrogens is 358 g/mol. The van der Waals surface area contributed by atoms with Gasteiger partial charge in [-0.1, -0.05) is 39.0 Å². The first kappa shape index (κ1) is 21.7. The maximum atomic E-state index is 4.98. The van der Waals surface area contributed by atoms with Gasteiger partial charge in [0.15, 0.2) is 5.96 Å². The maximum Gasteiger partial charge on any atom is 0.193 e. The summed E-state index contributed by atoms with van der Waals surface area (Å²) in [6, 6.07) is 6.62. The van der Waals surface area contributed by atoms with Crippen molar-refractivity contribution in [2.24, 2.45) is 10.9 Å². The highest BCUT2D eigenvalue weighted by Gasteiger charge is 2.25. The van der Waals surface area contributed by atoms with E-state index in [1.54, 1.807) is 0 Å². The number of benzene rings is 1. The molecule has 0 aliphatic carbocycles. The van der Waals surface area contributed by atoms with Crippen LogP contribution in [0.25, 0.3) is 10.9 Å². The third-order valence-electron chi connectivity index (χ3n) is 6.24. The highest BCUT2D eigenvalue weighted by molar-refractivity contribution is 5.86. The summed E-state index contributed by atoms with van der Waals surface area (Å²) in [6.45, 7) is 16.4. The number of H-pyrrole nitrogens is 1. The van der Waals surface area contributed by atoms with Crippen LogP contribution in [0.2, 0.25) is 0 Å². The molecule has 1 aromatic heterocycles. The van der Waals surface area contributed by atoms with E-state index in [-0.39, 0.29) is 0 Å². The number of nitrogens with zero attached hydrogens (tertiary/aromatic N) is 3. The molecule has 29 heavy (non-hydrogen) atoms. The highest BCUT2D eigenvalue weighted by atomic mass is 15.3. The molecule has 2 aromatic rings. The summed E-state index contributed by atoms with van der Waals surface area (Å²) in [7, 11) is 0. The predicted octanol–water partition coefficient (Wildman–Crippen LogP) is 3.90. The second-order valence-corrected chi connectivity index (χ2v) is 8.08. The summed E-state index contributed by atoms with van der Waals surface area (Å²) >= 11 is 0. The molecule has 0 bridgehead atoms. The quantitative estimate of drug-likeness (QED) is 0.498. The zero-order valence-electron chi connectivity index (χ0n) is 18.8. The number of aryl methyl sites for hydroxylation is 1. The standard InChI is InChI=1S/C24H39N5/c1-5-20-10-9-11-22-21(16-27-23(20)22)12-14-26-24(25-6-2)29-15-13-19(18-29)17-28(7-3)8-4/h9-11,16,19,27H,5-8,12-15,17-18H2,1-4H3,(H,25,26). The fourth-order valence-electron chi connectivity index (χ4n) is 4.51. The van der Waals surface area contributed by atoms with E-state index in [2.05, 4.69) is 72.2 Å². The summed E-state index contributed by atoms with van der Waals surface area (Å²) in [5, 5.41) is 4.87. The van der Waals surface area contributed by atoms with Crippen molar-refractivity contribution in [1.82, 2.24) is 20.1 Å². The molecule has 1 aliphatic rings. The highest BCUT2D eigenvalue weighted by Crippen LogP contribution is 2.23. The number of hydrogen-bond acceptors (Lipinski definition) is 2. The monoisotopic (exact) mass is 397 g/mol. The molecule has 1 atom stereocenters. The van der Waals surface area contributed by atoms with Gasteiger partial charge in [0.2, 0.25) is 0 Å². The molecule has 5 nitrogen and oxygen atoms in total. The van der Waals surface area contributed by atoms with Gasteiger partial charge in [0.1, 0.15) is 0 Å². The first-order valence-electron chi connectivity index (χ1n) is 11.5. The van der Waals surface area contributed by atoms with Crippen molar-refractivity contribution in [1.29, 1.82) is 0 Å². The van der Waals surface area contributed by atoms with E-state index in [1.165, 1.54) is 35.0 Å². The van der Waals surface area contributed by atoms with E-state index in [0.717, 1.165) is 64.0 Å². The molecule has 2 heterocycles. The normalized spacial score (nSPS) is 17.6. The minimum absolute atomic E-state index is 0.750. The second kappa shape index (κ2) is 10.7. The molecule has 5 heteroatoms. The van der Waals surface area contributed by atoms with Crippen molar-refractivity contribution < 1.29 is 0 Å². The predicted molar refractivity (Wildman–Crippen MR) is 125 cm³/mol. The molecule has 0 amide bonds. The van der Waals surface area contributed by atoms with E-state index in [0.29, 0.717) is 0 Å². The Balaban J connectivity index is 1.62. The van der Waals surface area contributed by atoms with Gasteiger partial charge in [-0.25, -0.2) is 0 Å². The van der Waals surface area contributed by atoms with Gasteiger partial charge < -0.3 is 20.1 Å². The number of aromatic amines is 1. The smallest absolute Gasteiger partial charge is 0.193 e. The third-order valence-corrected chi connectivity index (χ3v) is 6.24. The number of nitrogens with one attached hydrogen (secondary N) is 2. The fraction of sp³-hybridized carbons (Fsp3) is 0.625. The van der Waals surface area contributed by atoms with E-state index in [1.807, 2.05) is 0 Å². The van der Waals surface area contributed by atoms with Gasteiger partial charge in [-0.3, -0.25) is 4.99 Å². The molecule has 0 spiro atoms. The van der Waals surface area contributed by atoms with Crippen LogP contribution in [0.4, 0.5) is 0 Å². The Hall–Kier alpha value is -2.01. The van der Waals surface area contributed by atoms with Crippen LogP contribution >= 0.6 is 0 Å². The van der Waals surface area contributed by atoms with Crippen molar-refractivity contribution >= 4 is 16.9 Å². The van der Waals surface area contributed by atoms with Crippen LogP contribution in [-0.2, 0) is 12.8 Å². The summed E-state index contributed by atoms with van der Waals surface area (Å²) in [5.41, 5.74) is 4.05. The number of guanidine groups is 1. The molecule has 1 aromatic carbocycles. The van der Waals surface area contributed by atoms with Gasteiger partial charge in [0.05, 0.1) is 0 Å². The summed E-state index contributed by atoms with van der Waals surface area (Å²) in [6.07, 6.45) is 5.47. The molecule has 1 fully saturated rings. The zero-order chi connectivity index (χ0) is 20.6. The topological polar surface area (TPSA) is 46.7 Å². The number of rotatable bonds is 9. The van der Waals surface area contributed by atoms with Gasteiger partial charge in [-0.15, -0.1) is 0 Å². The molecule has 160 valence electrons. The number of para-hydroxylation sites is 1. The average molecular weight is 398 g/mol. The van der Waals surface area contributed by atoms with Crippen molar-refractivity contribution in [3.05, 3.63) is 35.5 Å². The second-order valence-electron chi connectivity index (χ2n) is 8.08. The zero-order valence-corrected chi connectivity index (χ0v) is 18.8. The Bertz CT molecular complexity index is 790. The Kier molecular flexibility index (Phi) is 7.99. The van der Waals surface area contributed by atoms with Gasteiger partial charge in [0.25, 0.3) is 0 Å². The number of hydrogen-bond donors (Lipinski definition) is 2. The third kappa shape index (κ3) is 5.33. The molecular formula is C24H39N5. The molecule has 0 radical (unpaired) electrons. The van der Waals surface area contributed by atoms with Crippen LogP contribution in [0.1, 0.15) is 45.2 Å².